The molecule has 1 amide bonds. The highest BCUT2D eigenvalue weighted by atomic mass is 19.3. The number of piperidine rings is 1. The number of rotatable bonds is 5. The average molecular weight is 447 g/mol. The summed E-state index contributed by atoms with van der Waals surface area (Å²) >= 11 is 0. The van der Waals surface area contributed by atoms with Crippen molar-refractivity contribution in [2.75, 3.05) is 11.4 Å². The Morgan fingerprint density at radius 2 is 1.91 bits per heavy atom. The van der Waals surface area contributed by atoms with Gasteiger partial charge in [-0.2, -0.15) is 8.78 Å². The first-order valence-corrected chi connectivity index (χ1v) is 11.1. The summed E-state index contributed by atoms with van der Waals surface area (Å²) in [7, 11) is 0. The maximum absolute atomic E-state index is 14.6. The third kappa shape index (κ3) is 4.35. The summed E-state index contributed by atoms with van der Waals surface area (Å²) in [6.45, 7) is 7.17. The number of ether oxygens (including phenoxy) is 1. The zero-order valence-corrected chi connectivity index (χ0v) is 18.7. The van der Waals surface area contributed by atoms with Crippen molar-refractivity contribution in [3.63, 3.8) is 0 Å². The lowest BCUT2D eigenvalue weighted by atomic mass is 9.80. The number of nitrogens with zero attached hydrogens (tertiary/aromatic N) is 2. The van der Waals surface area contributed by atoms with E-state index in [1.54, 1.807) is 0 Å². The molecule has 0 saturated carbocycles. The molecule has 4 rings (SSSR count). The Kier molecular flexibility index (Phi) is 5.96. The van der Waals surface area contributed by atoms with Crippen molar-refractivity contribution < 1.29 is 22.7 Å². The Morgan fingerprint density at radius 3 is 2.59 bits per heavy atom. The lowest BCUT2D eigenvalue weighted by molar-refractivity contribution is -0.137. The molecule has 7 heteroatoms. The fourth-order valence-electron chi connectivity index (χ4n) is 5.13. The summed E-state index contributed by atoms with van der Waals surface area (Å²) in [5.74, 6) is -4.43. The van der Waals surface area contributed by atoms with Crippen LogP contribution < -0.4 is 9.64 Å². The monoisotopic (exact) mass is 446 g/mol. The molecule has 2 aliphatic heterocycles. The van der Waals surface area contributed by atoms with Crippen LogP contribution in [0.25, 0.3) is 0 Å². The van der Waals surface area contributed by atoms with Crippen LogP contribution in [0.1, 0.15) is 45.6 Å². The second-order valence-corrected chi connectivity index (χ2v) is 9.31. The molecule has 0 radical (unpaired) electrons. The highest BCUT2D eigenvalue weighted by Gasteiger charge is 2.62. The van der Waals surface area contributed by atoms with Gasteiger partial charge in [0.2, 0.25) is 0 Å². The number of hydrogen-bond donors (Lipinski definition) is 0. The van der Waals surface area contributed by atoms with Crippen molar-refractivity contribution >= 4 is 11.6 Å². The predicted molar refractivity (Wildman–Crippen MR) is 117 cm³/mol. The molecule has 2 aromatic carbocycles. The summed E-state index contributed by atoms with van der Waals surface area (Å²) in [5, 5.41) is 0. The molecule has 2 fully saturated rings. The van der Waals surface area contributed by atoms with Crippen molar-refractivity contribution in [1.82, 2.24) is 4.90 Å². The number of likely N-dealkylation sites (tertiary alicyclic amines) is 1. The van der Waals surface area contributed by atoms with Crippen molar-refractivity contribution in [2.24, 2.45) is 0 Å². The number of amides is 1. The molecule has 0 N–H and O–H groups in total. The van der Waals surface area contributed by atoms with Gasteiger partial charge in [0.15, 0.2) is 0 Å². The molecule has 0 aromatic heterocycles. The largest absolute Gasteiger partial charge is 0.491 e. The van der Waals surface area contributed by atoms with Gasteiger partial charge in [-0.3, -0.25) is 9.69 Å². The summed E-state index contributed by atoms with van der Waals surface area (Å²) in [5.41, 5.74) is 0.263. The molecular weight excluding hydrogens is 417 g/mol. The molecule has 0 unspecified atom stereocenters. The van der Waals surface area contributed by atoms with Crippen LogP contribution in [0.2, 0.25) is 0 Å². The number of carbonyl (C=O) groups is 1. The fraction of sp³-hybridized carbons (Fsp3) is 0.480. The highest BCUT2D eigenvalue weighted by Crippen LogP contribution is 2.49. The Balaban J connectivity index is 1.55. The second-order valence-electron chi connectivity index (χ2n) is 9.31. The Labute approximate surface area is 187 Å². The predicted octanol–water partition coefficient (Wildman–Crippen LogP) is 5.41. The maximum Gasteiger partial charge on any atom is 0.327 e. The van der Waals surface area contributed by atoms with Gasteiger partial charge in [-0.05, 0) is 69.5 Å². The van der Waals surface area contributed by atoms with E-state index < -0.39 is 29.6 Å². The molecule has 0 aliphatic carbocycles. The van der Waals surface area contributed by atoms with Crippen molar-refractivity contribution in [3.8, 4) is 5.75 Å². The van der Waals surface area contributed by atoms with Gasteiger partial charge in [0, 0.05) is 31.2 Å². The third-order valence-electron chi connectivity index (χ3n) is 6.43. The molecule has 2 atom stereocenters. The van der Waals surface area contributed by atoms with Crippen molar-refractivity contribution in [1.29, 1.82) is 0 Å². The lowest BCUT2D eigenvalue weighted by Crippen LogP contribution is -2.56. The van der Waals surface area contributed by atoms with E-state index >= 15 is 0 Å². The Bertz CT molecular complexity index is 997. The first kappa shape index (κ1) is 22.6. The van der Waals surface area contributed by atoms with E-state index in [0.717, 1.165) is 17.4 Å². The van der Waals surface area contributed by atoms with Crippen LogP contribution in [0, 0.1) is 5.82 Å². The zero-order chi connectivity index (χ0) is 23.1. The number of carbonyl (C=O) groups excluding carboxylic acids is 1. The van der Waals surface area contributed by atoms with Crippen LogP contribution in [0.5, 0.6) is 5.75 Å². The van der Waals surface area contributed by atoms with E-state index in [0.29, 0.717) is 25.9 Å². The second kappa shape index (κ2) is 8.43. The number of anilines is 1. The van der Waals surface area contributed by atoms with Crippen LogP contribution in [0.15, 0.2) is 48.5 Å². The van der Waals surface area contributed by atoms with Crippen molar-refractivity contribution in [2.45, 2.75) is 70.2 Å². The van der Waals surface area contributed by atoms with Gasteiger partial charge in [-0.25, -0.2) is 4.39 Å². The van der Waals surface area contributed by atoms with E-state index in [4.69, 9.17) is 4.74 Å². The summed E-state index contributed by atoms with van der Waals surface area (Å²) in [6, 6.07) is 13.3. The van der Waals surface area contributed by atoms with Gasteiger partial charge >= 0.3 is 5.92 Å². The van der Waals surface area contributed by atoms with Gasteiger partial charge in [-0.15, -0.1) is 0 Å². The van der Waals surface area contributed by atoms with E-state index in [-0.39, 0.29) is 17.8 Å². The maximum atomic E-state index is 14.6. The highest BCUT2D eigenvalue weighted by molar-refractivity contribution is 6.02. The van der Waals surface area contributed by atoms with Gasteiger partial charge in [0.25, 0.3) is 5.91 Å². The van der Waals surface area contributed by atoms with E-state index in [1.807, 2.05) is 45.0 Å². The molecule has 2 aliphatic rings. The molecule has 0 bridgehead atoms. The molecule has 2 heterocycles. The van der Waals surface area contributed by atoms with Gasteiger partial charge in [0.05, 0.1) is 11.6 Å². The van der Waals surface area contributed by atoms with Gasteiger partial charge in [-0.1, -0.05) is 18.2 Å². The first-order valence-electron chi connectivity index (χ1n) is 11.1. The standard InChI is InChI=1S/C25H29F3N2O2/c1-17(2)32-22-9-4-6-19(12-22)15-29-11-10-24(14-18(29)3)16-25(27,28)23(31)30(24)21-8-5-7-20(26)13-21/h4-9,12-13,17-18H,10-11,14-16H2,1-3H3/t18-,24+/m1/s1. The number of halogens is 3. The van der Waals surface area contributed by atoms with E-state index in [2.05, 4.69) is 4.90 Å². The van der Waals surface area contributed by atoms with Crippen LogP contribution in [-0.2, 0) is 11.3 Å². The first-order chi connectivity index (χ1) is 15.1. The fourth-order valence-corrected chi connectivity index (χ4v) is 5.13. The quantitative estimate of drug-likeness (QED) is 0.616. The summed E-state index contributed by atoms with van der Waals surface area (Å²) in [6.07, 6.45) is 0.338. The van der Waals surface area contributed by atoms with Crippen LogP contribution in [-0.4, -0.2) is 41.0 Å². The molecule has 172 valence electrons. The molecule has 32 heavy (non-hydrogen) atoms. The molecule has 2 saturated heterocycles. The minimum Gasteiger partial charge on any atom is -0.491 e. The minimum absolute atomic E-state index is 0.0313. The number of hydrogen-bond acceptors (Lipinski definition) is 3. The topological polar surface area (TPSA) is 32.8 Å². The van der Waals surface area contributed by atoms with Crippen LogP contribution in [0.4, 0.5) is 18.9 Å². The van der Waals surface area contributed by atoms with E-state index in [1.165, 1.54) is 23.1 Å². The molecule has 1 spiro atoms. The van der Waals surface area contributed by atoms with Gasteiger partial charge in [0.1, 0.15) is 11.6 Å². The smallest absolute Gasteiger partial charge is 0.327 e. The van der Waals surface area contributed by atoms with Crippen LogP contribution >= 0.6 is 0 Å². The van der Waals surface area contributed by atoms with E-state index in [9.17, 15) is 18.0 Å². The van der Waals surface area contributed by atoms with Crippen LogP contribution in [0.3, 0.4) is 0 Å². The summed E-state index contributed by atoms with van der Waals surface area (Å²) < 4.78 is 48.8. The Morgan fingerprint density at radius 1 is 1.16 bits per heavy atom. The summed E-state index contributed by atoms with van der Waals surface area (Å²) in [4.78, 5) is 16.1. The SMILES string of the molecule is CC(C)Oc1cccc(CN2CC[C@]3(C[C@H]2C)CC(F)(F)C(=O)N3c2cccc(F)c2)c1. The minimum atomic E-state index is -3.45. The zero-order valence-electron chi connectivity index (χ0n) is 18.7. The average Bonchev–Trinajstić information content (AvgIpc) is 2.89. The molecule has 4 nitrogen and oxygen atoms in total. The Hall–Kier alpha value is -2.54. The lowest BCUT2D eigenvalue weighted by Gasteiger charge is -2.47. The molecular formula is C25H29F3N2O2. The normalized spacial score (nSPS) is 25.7. The van der Waals surface area contributed by atoms with Crippen molar-refractivity contribution in [3.05, 3.63) is 59.9 Å². The van der Waals surface area contributed by atoms with Gasteiger partial charge < -0.3 is 9.64 Å². The number of benzene rings is 2. The number of alkyl halides is 2. The third-order valence-corrected chi connectivity index (χ3v) is 6.43. The molecule has 2 aromatic rings.